The SMILES string of the molecule is COCC(CBr)NS(=O)(=O)c1ccc2c(c1)OCCO2. The van der Waals surface area contributed by atoms with Gasteiger partial charge in [0.1, 0.15) is 13.2 Å². The molecule has 0 amide bonds. The second-order valence-electron chi connectivity index (χ2n) is 4.23. The third-order valence-electron chi connectivity index (χ3n) is 2.70. The summed E-state index contributed by atoms with van der Waals surface area (Å²) >= 11 is 3.25. The van der Waals surface area contributed by atoms with Gasteiger partial charge >= 0.3 is 0 Å². The zero-order valence-corrected chi connectivity index (χ0v) is 13.4. The van der Waals surface area contributed by atoms with Crippen molar-refractivity contribution in [2.75, 3.05) is 32.3 Å². The van der Waals surface area contributed by atoms with Crippen LogP contribution in [0, 0.1) is 0 Å². The predicted molar refractivity (Wildman–Crippen MR) is 77.2 cm³/mol. The number of methoxy groups -OCH3 is 1. The average molecular weight is 366 g/mol. The van der Waals surface area contributed by atoms with E-state index in [1.54, 1.807) is 6.07 Å². The summed E-state index contributed by atoms with van der Waals surface area (Å²) in [7, 11) is -2.10. The molecule has 0 spiro atoms. The predicted octanol–water partition coefficient (Wildman–Crippen LogP) is 1.15. The van der Waals surface area contributed by atoms with Gasteiger partial charge in [-0.25, -0.2) is 13.1 Å². The van der Waals surface area contributed by atoms with Crippen LogP contribution in [0.1, 0.15) is 0 Å². The lowest BCUT2D eigenvalue weighted by Crippen LogP contribution is -2.39. The highest BCUT2D eigenvalue weighted by Gasteiger charge is 2.22. The van der Waals surface area contributed by atoms with Crippen LogP contribution in [0.15, 0.2) is 23.1 Å². The van der Waals surface area contributed by atoms with E-state index in [1.165, 1.54) is 19.2 Å². The summed E-state index contributed by atoms with van der Waals surface area (Å²) in [6.07, 6.45) is 0. The number of hydrogen-bond acceptors (Lipinski definition) is 5. The Hall–Kier alpha value is -0.830. The molecular formula is C12H16BrNO5S. The molecule has 1 aliphatic heterocycles. The fourth-order valence-corrected chi connectivity index (χ4v) is 3.59. The molecule has 1 N–H and O–H groups in total. The van der Waals surface area contributed by atoms with Crippen molar-refractivity contribution in [3.05, 3.63) is 18.2 Å². The van der Waals surface area contributed by atoms with Crippen LogP contribution in [0.3, 0.4) is 0 Å². The first kappa shape index (κ1) is 15.6. The van der Waals surface area contributed by atoms with E-state index in [9.17, 15) is 8.42 Å². The number of rotatable bonds is 6. The summed E-state index contributed by atoms with van der Waals surface area (Å²) in [6.45, 7) is 1.17. The van der Waals surface area contributed by atoms with E-state index >= 15 is 0 Å². The Morgan fingerprint density at radius 3 is 2.70 bits per heavy atom. The standard InChI is InChI=1S/C12H16BrNO5S/c1-17-8-9(7-13)14-20(15,16)10-2-3-11-12(6-10)19-5-4-18-11/h2-3,6,9,14H,4-5,7-8H2,1H3. The summed E-state index contributed by atoms with van der Waals surface area (Å²) in [5.41, 5.74) is 0. The number of halogens is 1. The Morgan fingerprint density at radius 2 is 2.05 bits per heavy atom. The van der Waals surface area contributed by atoms with Crippen LogP contribution >= 0.6 is 15.9 Å². The van der Waals surface area contributed by atoms with E-state index in [1.807, 2.05) is 0 Å². The van der Waals surface area contributed by atoms with Gasteiger partial charge in [-0.3, -0.25) is 0 Å². The van der Waals surface area contributed by atoms with Crippen molar-refractivity contribution >= 4 is 26.0 Å². The highest BCUT2D eigenvalue weighted by atomic mass is 79.9. The highest BCUT2D eigenvalue weighted by molar-refractivity contribution is 9.09. The fourth-order valence-electron chi connectivity index (χ4n) is 1.79. The first-order chi connectivity index (χ1) is 9.56. The van der Waals surface area contributed by atoms with E-state index < -0.39 is 10.0 Å². The van der Waals surface area contributed by atoms with Gasteiger partial charge in [0, 0.05) is 18.5 Å². The molecular weight excluding hydrogens is 350 g/mol. The number of ether oxygens (including phenoxy) is 3. The Labute approximate surface area is 126 Å². The summed E-state index contributed by atoms with van der Waals surface area (Å²) in [5, 5.41) is 0.463. The smallest absolute Gasteiger partial charge is 0.241 e. The van der Waals surface area contributed by atoms with Crippen LogP contribution in [-0.4, -0.2) is 46.7 Å². The summed E-state index contributed by atoms with van der Waals surface area (Å²) in [4.78, 5) is 0.142. The first-order valence-corrected chi connectivity index (χ1v) is 8.64. The zero-order valence-electron chi connectivity index (χ0n) is 11.0. The van der Waals surface area contributed by atoms with Crippen LogP contribution < -0.4 is 14.2 Å². The molecule has 1 aromatic rings. The Bertz CT molecular complexity index is 563. The molecule has 6 nitrogen and oxygen atoms in total. The van der Waals surface area contributed by atoms with Crippen LogP contribution in [-0.2, 0) is 14.8 Å². The van der Waals surface area contributed by atoms with Gasteiger partial charge in [-0.2, -0.15) is 0 Å². The fraction of sp³-hybridized carbons (Fsp3) is 0.500. The van der Waals surface area contributed by atoms with Gasteiger partial charge in [0.15, 0.2) is 11.5 Å². The minimum absolute atomic E-state index is 0.142. The van der Waals surface area contributed by atoms with E-state index in [-0.39, 0.29) is 17.5 Å². The number of benzene rings is 1. The van der Waals surface area contributed by atoms with Crippen molar-refractivity contribution in [2.24, 2.45) is 0 Å². The van der Waals surface area contributed by atoms with E-state index in [0.29, 0.717) is 30.0 Å². The highest BCUT2D eigenvalue weighted by Crippen LogP contribution is 2.32. The van der Waals surface area contributed by atoms with Gasteiger partial charge in [0.25, 0.3) is 0 Å². The van der Waals surface area contributed by atoms with E-state index in [2.05, 4.69) is 20.7 Å². The number of alkyl halides is 1. The van der Waals surface area contributed by atoms with Gasteiger partial charge < -0.3 is 14.2 Å². The quantitative estimate of drug-likeness (QED) is 0.765. The topological polar surface area (TPSA) is 73.9 Å². The van der Waals surface area contributed by atoms with Crippen molar-refractivity contribution < 1.29 is 22.6 Å². The molecule has 1 aromatic carbocycles. The third-order valence-corrected chi connectivity index (χ3v) is 5.00. The second-order valence-corrected chi connectivity index (χ2v) is 6.59. The van der Waals surface area contributed by atoms with Crippen molar-refractivity contribution in [1.29, 1.82) is 0 Å². The molecule has 1 aliphatic rings. The van der Waals surface area contributed by atoms with Gasteiger partial charge in [-0.05, 0) is 12.1 Å². The first-order valence-electron chi connectivity index (χ1n) is 6.03. The van der Waals surface area contributed by atoms with Gasteiger partial charge in [-0.1, -0.05) is 15.9 Å². The lowest BCUT2D eigenvalue weighted by molar-refractivity contribution is 0.171. The molecule has 112 valence electrons. The normalized spacial score (nSPS) is 15.9. The molecule has 0 saturated heterocycles. The zero-order chi connectivity index (χ0) is 14.6. The maximum absolute atomic E-state index is 12.3. The molecule has 1 atom stereocenters. The second kappa shape index (κ2) is 6.75. The number of fused-ring (bicyclic) bond motifs is 1. The largest absolute Gasteiger partial charge is 0.486 e. The Balaban J connectivity index is 2.20. The third kappa shape index (κ3) is 3.63. The molecule has 0 radical (unpaired) electrons. The minimum atomic E-state index is -3.62. The molecule has 0 aliphatic carbocycles. The van der Waals surface area contributed by atoms with Crippen LogP contribution in [0.4, 0.5) is 0 Å². The maximum atomic E-state index is 12.3. The van der Waals surface area contributed by atoms with Gasteiger partial charge in [0.05, 0.1) is 17.5 Å². The van der Waals surface area contributed by atoms with E-state index in [0.717, 1.165) is 0 Å². The average Bonchev–Trinajstić information content (AvgIpc) is 2.46. The molecule has 2 rings (SSSR count). The molecule has 0 saturated carbocycles. The lowest BCUT2D eigenvalue weighted by Gasteiger charge is -2.20. The summed E-state index contributed by atoms with van der Waals surface area (Å²) in [6, 6.07) is 4.23. The summed E-state index contributed by atoms with van der Waals surface area (Å²) < 4.78 is 42.8. The Morgan fingerprint density at radius 1 is 1.35 bits per heavy atom. The van der Waals surface area contributed by atoms with Crippen molar-refractivity contribution in [3.63, 3.8) is 0 Å². The number of sulfonamides is 1. The van der Waals surface area contributed by atoms with Gasteiger partial charge in [0.2, 0.25) is 10.0 Å². The summed E-state index contributed by atoms with van der Waals surface area (Å²) in [5.74, 6) is 1.00. The molecule has 1 unspecified atom stereocenters. The van der Waals surface area contributed by atoms with Crippen molar-refractivity contribution in [2.45, 2.75) is 10.9 Å². The monoisotopic (exact) mass is 365 g/mol. The number of hydrogen-bond donors (Lipinski definition) is 1. The number of nitrogens with one attached hydrogen (secondary N) is 1. The molecule has 1 heterocycles. The van der Waals surface area contributed by atoms with Crippen LogP contribution in [0.2, 0.25) is 0 Å². The lowest BCUT2D eigenvalue weighted by atomic mass is 10.3. The molecule has 20 heavy (non-hydrogen) atoms. The van der Waals surface area contributed by atoms with Crippen molar-refractivity contribution in [3.8, 4) is 11.5 Å². The molecule has 8 heteroatoms. The molecule has 0 aromatic heterocycles. The molecule has 0 bridgehead atoms. The van der Waals surface area contributed by atoms with Gasteiger partial charge in [-0.15, -0.1) is 0 Å². The Kier molecular flexibility index (Phi) is 5.25. The van der Waals surface area contributed by atoms with Crippen LogP contribution in [0.5, 0.6) is 11.5 Å². The van der Waals surface area contributed by atoms with Crippen LogP contribution in [0.25, 0.3) is 0 Å². The minimum Gasteiger partial charge on any atom is -0.486 e. The van der Waals surface area contributed by atoms with Crippen molar-refractivity contribution in [1.82, 2.24) is 4.72 Å². The maximum Gasteiger partial charge on any atom is 0.241 e. The molecule has 0 fully saturated rings. The van der Waals surface area contributed by atoms with E-state index in [4.69, 9.17) is 14.2 Å².